The lowest BCUT2D eigenvalue weighted by atomic mass is 10.2. The predicted molar refractivity (Wildman–Crippen MR) is 79.6 cm³/mol. The number of hydrazone groups is 1. The third-order valence-corrected chi connectivity index (χ3v) is 2.27. The van der Waals surface area contributed by atoms with Gasteiger partial charge in [0.1, 0.15) is 11.4 Å². The molecule has 1 rings (SSSR count). The molecule has 110 valence electrons. The molecule has 0 bridgehead atoms. The summed E-state index contributed by atoms with van der Waals surface area (Å²) < 4.78 is 10.5. The van der Waals surface area contributed by atoms with Crippen molar-refractivity contribution in [2.24, 2.45) is 5.10 Å². The highest BCUT2D eigenvalue weighted by Gasteiger charge is 2.15. The van der Waals surface area contributed by atoms with E-state index in [1.165, 1.54) is 6.21 Å². The molecule has 0 fully saturated rings. The molecule has 1 aromatic rings. The summed E-state index contributed by atoms with van der Waals surface area (Å²) in [6.07, 6.45) is 0.842. The number of benzene rings is 1. The van der Waals surface area contributed by atoms with Crippen LogP contribution in [-0.4, -0.2) is 24.5 Å². The van der Waals surface area contributed by atoms with Gasteiger partial charge in [-0.05, 0) is 45.9 Å². The summed E-state index contributed by atoms with van der Waals surface area (Å²) in [6, 6.07) is 5.18. The van der Waals surface area contributed by atoms with Gasteiger partial charge < -0.3 is 9.47 Å². The second-order valence-corrected chi connectivity index (χ2v) is 5.42. The van der Waals surface area contributed by atoms with E-state index in [4.69, 9.17) is 21.1 Å². The molecular formula is C14H19ClN2O3. The fraction of sp³-hybridized carbons (Fsp3) is 0.429. The monoisotopic (exact) mass is 298 g/mol. The first-order valence-corrected chi connectivity index (χ1v) is 6.64. The molecule has 0 aliphatic heterocycles. The van der Waals surface area contributed by atoms with Gasteiger partial charge in [0.15, 0.2) is 0 Å². The van der Waals surface area contributed by atoms with Gasteiger partial charge >= 0.3 is 6.09 Å². The van der Waals surface area contributed by atoms with Crippen molar-refractivity contribution in [3.05, 3.63) is 28.8 Å². The zero-order chi connectivity index (χ0) is 15.2. The highest BCUT2D eigenvalue weighted by molar-refractivity contribution is 6.30. The minimum absolute atomic E-state index is 0.530. The molecule has 1 N–H and O–H groups in total. The van der Waals surface area contributed by atoms with Crippen molar-refractivity contribution in [1.29, 1.82) is 0 Å². The van der Waals surface area contributed by atoms with Crippen molar-refractivity contribution in [2.75, 3.05) is 6.61 Å². The Labute approximate surface area is 123 Å². The maximum atomic E-state index is 11.4. The molecular weight excluding hydrogens is 280 g/mol. The van der Waals surface area contributed by atoms with E-state index >= 15 is 0 Å². The Morgan fingerprint density at radius 3 is 2.75 bits per heavy atom. The van der Waals surface area contributed by atoms with Crippen LogP contribution in [0.4, 0.5) is 4.79 Å². The first-order valence-electron chi connectivity index (χ1n) is 6.26. The Hall–Kier alpha value is -1.75. The second-order valence-electron chi connectivity index (χ2n) is 4.99. The van der Waals surface area contributed by atoms with Crippen LogP contribution in [0.2, 0.25) is 5.02 Å². The number of halogens is 1. The summed E-state index contributed by atoms with van der Waals surface area (Å²) in [4.78, 5) is 11.4. The summed E-state index contributed by atoms with van der Waals surface area (Å²) >= 11 is 5.92. The molecule has 0 radical (unpaired) electrons. The lowest BCUT2D eigenvalue weighted by molar-refractivity contribution is 0.0529. The molecule has 0 heterocycles. The standard InChI is InChI=1S/C14H19ClN2O3/c1-5-19-12-7-6-11(15)8-10(12)9-16-17-13(18)20-14(2,3)4/h6-9H,5H2,1-4H3,(H,17,18)/b16-9+. The van der Waals surface area contributed by atoms with Crippen molar-refractivity contribution in [3.63, 3.8) is 0 Å². The van der Waals surface area contributed by atoms with E-state index < -0.39 is 11.7 Å². The molecule has 1 aromatic carbocycles. The molecule has 0 aliphatic rings. The number of ether oxygens (including phenoxy) is 2. The molecule has 0 saturated heterocycles. The van der Waals surface area contributed by atoms with Crippen LogP contribution < -0.4 is 10.2 Å². The zero-order valence-corrected chi connectivity index (χ0v) is 12.8. The van der Waals surface area contributed by atoms with Gasteiger partial charge in [0.05, 0.1) is 12.8 Å². The van der Waals surface area contributed by atoms with Gasteiger partial charge in [-0.25, -0.2) is 10.2 Å². The minimum atomic E-state index is -0.617. The van der Waals surface area contributed by atoms with E-state index in [2.05, 4.69) is 10.5 Å². The number of rotatable bonds is 4. The van der Waals surface area contributed by atoms with Crippen LogP contribution in [0.15, 0.2) is 23.3 Å². The van der Waals surface area contributed by atoms with Gasteiger partial charge in [-0.1, -0.05) is 11.6 Å². The molecule has 6 heteroatoms. The van der Waals surface area contributed by atoms with Gasteiger partial charge in [-0.15, -0.1) is 0 Å². The molecule has 5 nitrogen and oxygen atoms in total. The Morgan fingerprint density at radius 2 is 2.15 bits per heavy atom. The summed E-state index contributed by atoms with van der Waals surface area (Å²) in [7, 11) is 0. The van der Waals surface area contributed by atoms with E-state index in [1.807, 2.05) is 6.92 Å². The van der Waals surface area contributed by atoms with E-state index in [0.29, 0.717) is 22.9 Å². The highest BCUT2D eigenvalue weighted by atomic mass is 35.5. The second kappa shape index (κ2) is 7.14. The van der Waals surface area contributed by atoms with E-state index in [-0.39, 0.29) is 0 Å². The SMILES string of the molecule is CCOc1ccc(Cl)cc1/C=N/NC(=O)OC(C)(C)C. The largest absolute Gasteiger partial charge is 0.493 e. The van der Waals surface area contributed by atoms with Gasteiger partial charge in [0.25, 0.3) is 0 Å². The van der Waals surface area contributed by atoms with E-state index in [9.17, 15) is 4.79 Å². The maximum Gasteiger partial charge on any atom is 0.428 e. The number of carbonyl (C=O) groups is 1. The van der Waals surface area contributed by atoms with Crippen molar-refractivity contribution in [1.82, 2.24) is 5.43 Å². The molecule has 1 amide bonds. The van der Waals surface area contributed by atoms with Crippen molar-refractivity contribution in [2.45, 2.75) is 33.3 Å². The number of amides is 1. The van der Waals surface area contributed by atoms with E-state index in [0.717, 1.165) is 0 Å². The predicted octanol–water partition coefficient (Wildman–Crippen LogP) is 3.60. The fourth-order valence-electron chi connectivity index (χ4n) is 1.36. The third kappa shape index (κ3) is 5.93. The first-order chi connectivity index (χ1) is 9.31. The molecule has 0 aromatic heterocycles. The Bertz CT molecular complexity index is 496. The third-order valence-electron chi connectivity index (χ3n) is 2.03. The number of nitrogens with zero attached hydrogens (tertiary/aromatic N) is 1. The summed E-state index contributed by atoms with van der Waals surface area (Å²) in [5.41, 5.74) is 2.40. The molecule has 0 aliphatic carbocycles. The summed E-state index contributed by atoms with van der Waals surface area (Å²) in [6.45, 7) is 7.75. The van der Waals surface area contributed by atoms with Crippen LogP contribution in [0.1, 0.15) is 33.3 Å². The summed E-state index contributed by atoms with van der Waals surface area (Å²) in [5, 5.41) is 4.38. The lowest BCUT2D eigenvalue weighted by Crippen LogP contribution is -2.29. The average Bonchev–Trinajstić information content (AvgIpc) is 2.30. The van der Waals surface area contributed by atoms with Crippen LogP contribution in [0.25, 0.3) is 0 Å². The van der Waals surface area contributed by atoms with Gasteiger partial charge in [0.2, 0.25) is 0 Å². The van der Waals surface area contributed by atoms with Crippen molar-refractivity contribution < 1.29 is 14.3 Å². The number of nitrogens with one attached hydrogen (secondary N) is 1. The molecule has 0 saturated carbocycles. The number of hydrogen-bond donors (Lipinski definition) is 1. The smallest absolute Gasteiger partial charge is 0.428 e. The molecule has 0 spiro atoms. The minimum Gasteiger partial charge on any atom is -0.493 e. The van der Waals surface area contributed by atoms with Crippen molar-refractivity contribution in [3.8, 4) is 5.75 Å². The van der Waals surface area contributed by atoms with Crippen LogP contribution >= 0.6 is 11.6 Å². The number of carbonyl (C=O) groups excluding carboxylic acids is 1. The Kier molecular flexibility index (Phi) is 5.82. The molecule has 0 atom stereocenters. The zero-order valence-electron chi connectivity index (χ0n) is 12.1. The fourth-order valence-corrected chi connectivity index (χ4v) is 1.54. The van der Waals surface area contributed by atoms with Gasteiger partial charge in [-0.2, -0.15) is 5.10 Å². The number of hydrogen-bond acceptors (Lipinski definition) is 4. The summed E-state index contributed by atoms with van der Waals surface area (Å²) in [5.74, 6) is 0.645. The quantitative estimate of drug-likeness (QED) is 0.682. The molecule has 20 heavy (non-hydrogen) atoms. The molecule has 0 unspecified atom stereocenters. The van der Waals surface area contributed by atoms with Crippen molar-refractivity contribution >= 4 is 23.9 Å². The van der Waals surface area contributed by atoms with Crippen LogP contribution in [0.3, 0.4) is 0 Å². The van der Waals surface area contributed by atoms with Crippen LogP contribution in [-0.2, 0) is 4.74 Å². The van der Waals surface area contributed by atoms with Gasteiger partial charge in [-0.3, -0.25) is 0 Å². The first kappa shape index (κ1) is 16.3. The van der Waals surface area contributed by atoms with Gasteiger partial charge in [0, 0.05) is 10.6 Å². The van der Waals surface area contributed by atoms with Crippen LogP contribution in [0.5, 0.6) is 5.75 Å². The highest BCUT2D eigenvalue weighted by Crippen LogP contribution is 2.21. The Balaban J connectivity index is 2.70. The normalized spacial score (nSPS) is 11.4. The average molecular weight is 299 g/mol. The lowest BCUT2D eigenvalue weighted by Gasteiger charge is -2.18. The van der Waals surface area contributed by atoms with Crippen LogP contribution in [0, 0.1) is 0 Å². The van der Waals surface area contributed by atoms with E-state index in [1.54, 1.807) is 39.0 Å². The Morgan fingerprint density at radius 1 is 1.45 bits per heavy atom. The topological polar surface area (TPSA) is 59.9 Å². The maximum absolute atomic E-state index is 11.4.